The van der Waals surface area contributed by atoms with Crippen molar-refractivity contribution in [3.8, 4) is 0 Å². The molecule has 1 heterocycles. The van der Waals surface area contributed by atoms with Crippen LogP contribution in [0.3, 0.4) is 0 Å². The number of ether oxygens (including phenoxy) is 1. The minimum atomic E-state index is -0.180. The summed E-state index contributed by atoms with van der Waals surface area (Å²) in [5.41, 5.74) is 0.280. The van der Waals surface area contributed by atoms with Crippen LogP contribution >= 0.6 is 11.6 Å². The van der Waals surface area contributed by atoms with Gasteiger partial charge in [-0.25, -0.2) is 0 Å². The van der Waals surface area contributed by atoms with Crippen LogP contribution in [0.4, 0.5) is 0 Å². The van der Waals surface area contributed by atoms with Crippen LogP contribution in [0.2, 0.25) is 5.02 Å². The predicted octanol–water partition coefficient (Wildman–Crippen LogP) is 2.03. The molecule has 0 atom stereocenters. The van der Waals surface area contributed by atoms with E-state index in [-0.39, 0.29) is 11.5 Å². The summed E-state index contributed by atoms with van der Waals surface area (Å²) in [7, 11) is 1.69. The molecule has 5 heteroatoms. The number of aromatic nitrogens is 1. The van der Waals surface area contributed by atoms with Crippen LogP contribution in [0.15, 0.2) is 18.5 Å². The molecule has 0 aliphatic heterocycles. The third-order valence-electron chi connectivity index (χ3n) is 3.29. The van der Waals surface area contributed by atoms with Gasteiger partial charge in [0, 0.05) is 26.0 Å². The molecule has 1 aromatic heterocycles. The van der Waals surface area contributed by atoms with Gasteiger partial charge in [0.05, 0.1) is 16.2 Å². The SMILES string of the molecule is COC1(CNC(=O)c2ccncc2Cl)CCC1. The Morgan fingerprint density at radius 2 is 2.41 bits per heavy atom. The van der Waals surface area contributed by atoms with Crippen LogP contribution < -0.4 is 5.32 Å². The maximum absolute atomic E-state index is 11.9. The van der Waals surface area contributed by atoms with E-state index in [0.29, 0.717) is 17.1 Å². The lowest BCUT2D eigenvalue weighted by atomic mass is 9.80. The number of nitrogens with zero attached hydrogens (tertiary/aromatic N) is 1. The minimum absolute atomic E-state index is 0.171. The first-order chi connectivity index (χ1) is 8.17. The third kappa shape index (κ3) is 2.58. The molecule has 0 radical (unpaired) electrons. The van der Waals surface area contributed by atoms with Crippen molar-refractivity contribution in [1.29, 1.82) is 0 Å². The number of nitrogens with one attached hydrogen (secondary N) is 1. The average Bonchev–Trinajstić information content (AvgIpc) is 2.28. The van der Waals surface area contributed by atoms with Crippen LogP contribution in [0, 0.1) is 0 Å². The number of hydrogen-bond donors (Lipinski definition) is 1. The smallest absolute Gasteiger partial charge is 0.253 e. The fourth-order valence-electron chi connectivity index (χ4n) is 1.92. The number of carbonyl (C=O) groups is 1. The van der Waals surface area contributed by atoms with Crippen LogP contribution in [0.25, 0.3) is 0 Å². The first-order valence-electron chi connectivity index (χ1n) is 5.60. The lowest BCUT2D eigenvalue weighted by molar-refractivity contribution is -0.0679. The van der Waals surface area contributed by atoms with Crippen molar-refractivity contribution in [3.05, 3.63) is 29.0 Å². The molecule has 0 saturated heterocycles. The van der Waals surface area contributed by atoms with Gasteiger partial charge in [-0.15, -0.1) is 0 Å². The zero-order valence-electron chi connectivity index (χ0n) is 9.70. The van der Waals surface area contributed by atoms with Gasteiger partial charge in [0.1, 0.15) is 0 Å². The van der Waals surface area contributed by atoms with Crippen molar-refractivity contribution < 1.29 is 9.53 Å². The fraction of sp³-hybridized carbons (Fsp3) is 0.500. The van der Waals surface area contributed by atoms with Gasteiger partial charge in [0.2, 0.25) is 0 Å². The second-order valence-corrected chi connectivity index (χ2v) is 4.69. The Balaban J connectivity index is 1.96. The molecule has 0 spiro atoms. The van der Waals surface area contributed by atoms with Gasteiger partial charge in [-0.2, -0.15) is 0 Å². The summed E-state index contributed by atoms with van der Waals surface area (Å²) in [6.45, 7) is 0.529. The summed E-state index contributed by atoms with van der Waals surface area (Å²) in [6, 6.07) is 1.61. The number of pyridine rings is 1. The molecule has 1 N–H and O–H groups in total. The molecule has 1 amide bonds. The molecule has 92 valence electrons. The number of rotatable bonds is 4. The van der Waals surface area contributed by atoms with Gasteiger partial charge >= 0.3 is 0 Å². The first-order valence-corrected chi connectivity index (χ1v) is 5.97. The van der Waals surface area contributed by atoms with Crippen molar-refractivity contribution in [3.63, 3.8) is 0 Å². The standard InChI is InChI=1S/C12H15ClN2O2/c1-17-12(4-2-5-12)8-15-11(16)9-3-6-14-7-10(9)13/h3,6-7H,2,4-5,8H2,1H3,(H,15,16). The van der Waals surface area contributed by atoms with E-state index in [9.17, 15) is 4.79 Å². The largest absolute Gasteiger partial charge is 0.376 e. The quantitative estimate of drug-likeness (QED) is 0.895. The highest BCUT2D eigenvalue weighted by atomic mass is 35.5. The van der Waals surface area contributed by atoms with E-state index in [1.807, 2.05) is 0 Å². The Hall–Kier alpha value is -1.13. The summed E-state index contributed by atoms with van der Waals surface area (Å²) in [5.74, 6) is -0.180. The summed E-state index contributed by atoms with van der Waals surface area (Å²) in [4.78, 5) is 15.7. The summed E-state index contributed by atoms with van der Waals surface area (Å²) >= 11 is 5.90. The van der Waals surface area contributed by atoms with E-state index in [1.54, 1.807) is 19.4 Å². The number of halogens is 1. The predicted molar refractivity (Wildman–Crippen MR) is 65.2 cm³/mol. The van der Waals surface area contributed by atoms with Gasteiger partial charge in [-0.05, 0) is 25.3 Å². The Labute approximate surface area is 105 Å². The van der Waals surface area contributed by atoms with E-state index < -0.39 is 0 Å². The fourth-order valence-corrected chi connectivity index (χ4v) is 2.13. The highest BCUT2D eigenvalue weighted by molar-refractivity contribution is 6.33. The Morgan fingerprint density at radius 3 is 2.94 bits per heavy atom. The summed E-state index contributed by atoms with van der Waals surface area (Å²) in [6.07, 6.45) is 6.16. The maximum Gasteiger partial charge on any atom is 0.253 e. The van der Waals surface area contributed by atoms with E-state index in [4.69, 9.17) is 16.3 Å². The van der Waals surface area contributed by atoms with Gasteiger partial charge in [0.15, 0.2) is 0 Å². The third-order valence-corrected chi connectivity index (χ3v) is 3.59. The molecule has 0 bridgehead atoms. The molecule has 1 saturated carbocycles. The van der Waals surface area contributed by atoms with Crippen molar-refractivity contribution in [2.75, 3.05) is 13.7 Å². The summed E-state index contributed by atoms with van der Waals surface area (Å²) in [5, 5.41) is 3.22. The molecular formula is C12H15ClN2O2. The van der Waals surface area contributed by atoms with Crippen molar-refractivity contribution in [2.24, 2.45) is 0 Å². The molecule has 1 aliphatic rings. The second-order valence-electron chi connectivity index (χ2n) is 4.28. The molecule has 0 aromatic carbocycles. The normalized spacial score (nSPS) is 17.3. The molecule has 2 rings (SSSR count). The van der Waals surface area contributed by atoms with Gasteiger partial charge in [0.25, 0.3) is 5.91 Å². The molecule has 1 aromatic rings. The molecule has 4 nitrogen and oxygen atoms in total. The molecule has 17 heavy (non-hydrogen) atoms. The Kier molecular flexibility index (Phi) is 3.64. The number of carbonyl (C=O) groups excluding carboxylic acids is 1. The lowest BCUT2D eigenvalue weighted by Gasteiger charge is -2.40. The van der Waals surface area contributed by atoms with Gasteiger partial charge in [-0.3, -0.25) is 9.78 Å². The second kappa shape index (κ2) is 5.02. The molecule has 0 unspecified atom stereocenters. The average molecular weight is 255 g/mol. The zero-order chi connectivity index (χ0) is 12.3. The van der Waals surface area contributed by atoms with E-state index in [0.717, 1.165) is 19.3 Å². The molecule has 1 aliphatic carbocycles. The monoisotopic (exact) mass is 254 g/mol. The van der Waals surface area contributed by atoms with Crippen LogP contribution in [-0.2, 0) is 4.74 Å². The molecular weight excluding hydrogens is 240 g/mol. The first kappa shape index (κ1) is 12.3. The minimum Gasteiger partial charge on any atom is -0.376 e. The number of amides is 1. The number of methoxy groups -OCH3 is 1. The van der Waals surface area contributed by atoms with E-state index >= 15 is 0 Å². The van der Waals surface area contributed by atoms with Crippen LogP contribution in [0.5, 0.6) is 0 Å². The van der Waals surface area contributed by atoms with Crippen LogP contribution in [0.1, 0.15) is 29.6 Å². The molecule has 1 fully saturated rings. The Morgan fingerprint density at radius 1 is 1.65 bits per heavy atom. The van der Waals surface area contributed by atoms with E-state index in [2.05, 4.69) is 10.3 Å². The highest BCUT2D eigenvalue weighted by Gasteiger charge is 2.37. The topological polar surface area (TPSA) is 51.2 Å². The zero-order valence-corrected chi connectivity index (χ0v) is 10.5. The van der Waals surface area contributed by atoms with Crippen molar-refractivity contribution >= 4 is 17.5 Å². The Bertz CT molecular complexity index is 413. The lowest BCUT2D eigenvalue weighted by Crippen LogP contribution is -2.49. The van der Waals surface area contributed by atoms with Gasteiger partial charge in [-0.1, -0.05) is 11.6 Å². The van der Waals surface area contributed by atoms with Crippen LogP contribution in [-0.4, -0.2) is 30.1 Å². The maximum atomic E-state index is 11.9. The van der Waals surface area contributed by atoms with Crippen molar-refractivity contribution in [1.82, 2.24) is 10.3 Å². The van der Waals surface area contributed by atoms with Gasteiger partial charge < -0.3 is 10.1 Å². The van der Waals surface area contributed by atoms with E-state index in [1.165, 1.54) is 6.20 Å². The highest BCUT2D eigenvalue weighted by Crippen LogP contribution is 2.34. The summed E-state index contributed by atoms with van der Waals surface area (Å²) < 4.78 is 5.43. The number of hydrogen-bond acceptors (Lipinski definition) is 3. The van der Waals surface area contributed by atoms with Crippen molar-refractivity contribution in [2.45, 2.75) is 24.9 Å².